The summed E-state index contributed by atoms with van der Waals surface area (Å²) in [6.07, 6.45) is 0. The van der Waals surface area contributed by atoms with Gasteiger partial charge in [0.25, 0.3) is 0 Å². The number of hydrogen-bond donors (Lipinski definition) is 1. The zero-order chi connectivity index (χ0) is 11.7. The lowest BCUT2D eigenvalue weighted by Gasteiger charge is -2.15. The first kappa shape index (κ1) is 11.2. The number of para-hydroxylation sites is 1. The Balaban J connectivity index is 2.63. The number of ether oxygens (including phenoxy) is 1. The number of benzene rings is 1. The van der Waals surface area contributed by atoms with Gasteiger partial charge in [0, 0.05) is 7.11 Å². The first-order chi connectivity index (χ1) is 7.65. The van der Waals surface area contributed by atoms with Crippen LogP contribution in [0.25, 0.3) is 11.0 Å². The number of nitrogens with zero attached hydrogens (tertiary/aromatic N) is 2. The average molecular weight is 240 g/mol. The number of aromatic nitrogens is 2. The minimum absolute atomic E-state index is 0.106. The smallest absolute Gasteiger partial charge is 0.201 e. The van der Waals surface area contributed by atoms with Gasteiger partial charge in [-0.3, -0.25) is 0 Å². The molecular formula is C11H14ClN3O. The van der Waals surface area contributed by atoms with Crippen LogP contribution in [0.2, 0.25) is 5.02 Å². The lowest BCUT2D eigenvalue weighted by Crippen LogP contribution is -2.13. The van der Waals surface area contributed by atoms with Gasteiger partial charge < -0.3 is 15.0 Å². The Kier molecular flexibility index (Phi) is 3.03. The number of methoxy groups -OCH3 is 1. The number of nitrogen functional groups attached to an aromatic ring is 1. The Morgan fingerprint density at radius 2 is 2.31 bits per heavy atom. The second kappa shape index (κ2) is 4.31. The number of hydrogen-bond acceptors (Lipinski definition) is 3. The Labute approximate surface area is 99.0 Å². The molecule has 1 atom stereocenters. The zero-order valence-corrected chi connectivity index (χ0v) is 10.0. The summed E-state index contributed by atoms with van der Waals surface area (Å²) in [6, 6.07) is 5.70. The molecule has 16 heavy (non-hydrogen) atoms. The highest BCUT2D eigenvalue weighted by atomic mass is 35.5. The Hall–Kier alpha value is -1.26. The van der Waals surface area contributed by atoms with Crippen molar-refractivity contribution in [1.82, 2.24) is 9.55 Å². The van der Waals surface area contributed by atoms with Gasteiger partial charge in [-0.25, -0.2) is 4.98 Å². The number of nitrogens with two attached hydrogens (primary N) is 1. The van der Waals surface area contributed by atoms with Crippen molar-refractivity contribution in [1.29, 1.82) is 0 Å². The van der Waals surface area contributed by atoms with E-state index >= 15 is 0 Å². The summed E-state index contributed by atoms with van der Waals surface area (Å²) in [7, 11) is 1.66. The van der Waals surface area contributed by atoms with Crippen LogP contribution >= 0.6 is 11.6 Å². The monoisotopic (exact) mass is 239 g/mol. The summed E-state index contributed by atoms with van der Waals surface area (Å²) < 4.78 is 7.03. The molecule has 1 heterocycles. The van der Waals surface area contributed by atoms with Crippen molar-refractivity contribution in [3.8, 4) is 0 Å². The third kappa shape index (κ3) is 1.74. The van der Waals surface area contributed by atoms with Gasteiger partial charge in [-0.2, -0.15) is 0 Å². The van der Waals surface area contributed by atoms with Gasteiger partial charge in [-0.05, 0) is 19.1 Å². The van der Waals surface area contributed by atoms with E-state index in [4.69, 9.17) is 22.1 Å². The zero-order valence-electron chi connectivity index (χ0n) is 9.27. The number of anilines is 1. The standard InChI is InChI=1S/C11H14ClN3O/c1-7(6-16-2)15-10-8(12)4-3-5-9(10)14-11(15)13/h3-5,7H,6H2,1-2H3,(H2,13,14). The topological polar surface area (TPSA) is 53.1 Å². The van der Waals surface area contributed by atoms with E-state index in [1.54, 1.807) is 7.11 Å². The van der Waals surface area contributed by atoms with E-state index in [0.717, 1.165) is 11.0 Å². The highest BCUT2D eigenvalue weighted by Gasteiger charge is 2.15. The Morgan fingerprint density at radius 3 is 3.00 bits per heavy atom. The summed E-state index contributed by atoms with van der Waals surface area (Å²) >= 11 is 6.16. The van der Waals surface area contributed by atoms with Gasteiger partial charge in [-0.1, -0.05) is 17.7 Å². The SMILES string of the molecule is COCC(C)n1c(N)nc2cccc(Cl)c21. The van der Waals surface area contributed by atoms with Crippen LogP contribution < -0.4 is 5.73 Å². The van der Waals surface area contributed by atoms with Crippen LogP contribution in [0.1, 0.15) is 13.0 Å². The number of halogens is 1. The minimum Gasteiger partial charge on any atom is -0.383 e. The first-order valence-corrected chi connectivity index (χ1v) is 5.43. The van der Waals surface area contributed by atoms with Gasteiger partial charge in [0.2, 0.25) is 5.95 Å². The Morgan fingerprint density at radius 1 is 1.56 bits per heavy atom. The van der Waals surface area contributed by atoms with Crippen LogP contribution in [0.3, 0.4) is 0 Å². The van der Waals surface area contributed by atoms with Gasteiger partial charge in [0.1, 0.15) is 0 Å². The molecule has 0 saturated heterocycles. The fourth-order valence-electron chi connectivity index (χ4n) is 1.89. The second-order valence-electron chi connectivity index (χ2n) is 3.75. The molecule has 2 rings (SSSR count). The quantitative estimate of drug-likeness (QED) is 0.895. The molecule has 4 nitrogen and oxygen atoms in total. The average Bonchev–Trinajstić information content (AvgIpc) is 2.56. The molecule has 0 bridgehead atoms. The van der Waals surface area contributed by atoms with Crippen molar-refractivity contribution in [2.75, 3.05) is 19.5 Å². The molecule has 2 N–H and O–H groups in total. The van der Waals surface area contributed by atoms with E-state index in [0.29, 0.717) is 17.6 Å². The second-order valence-corrected chi connectivity index (χ2v) is 4.16. The van der Waals surface area contributed by atoms with Gasteiger partial charge in [0.15, 0.2) is 0 Å². The normalized spacial score (nSPS) is 13.2. The molecule has 1 unspecified atom stereocenters. The summed E-state index contributed by atoms with van der Waals surface area (Å²) in [5.41, 5.74) is 7.57. The molecule has 86 valence electrons. The molecule has 0 fully saturated rings. The van der Waals surface area contributed by atoms with E-state index in [9.17, 15) is 0 Å². The molecule has 0 aliphatic heterocycles. The van der Waals surface area contributed by atoms with Crippen LogP contribution in [0.4, 0.5) is 5.95 Å². The van der Waals surface area contributed by atoms with E-state index in [1.165, 1.54) is 0 Å². The van der Waals surface area contributed by atoms with Crippen LogP contribution in [-0.2, 0) is 4.74 Å². The molecule has 0 amide bonds. The predicted octanol–water partition coefficient (Wildman–Crippen LogP) is 2.48. The molecular weight excluding hydrogens is 226 g/mol. The number of fused-ring (bicyclic) bond motifs is 1. The molecule has 1 aromatic heterocycles. The van der Waals surface area contributed by atoms with Crippen LogP contribution in [0.5, 0.6) is 0 Å². The van der Waals surface area contributed by atoms with Crippen LogP contribution in [-0.4, -0.2) is 23.3 Å². The highest BCUT2D eigenvalue weighted by Crippen LogP contribution is 2.28. The van der Waals surface area contributed by atoms with Gasteiger partial charge >= 0.3 is 0 Å². The molecule has 0 radical (unpaired) electrons. The van der Waals surface area contributed by atoms with Gasteiger partial charge in [0.05, 0.1) is 28.7 Å². The van der Waals surface area contributed by atoms with Crippen molar-refractivity contribution >= 4 is 28.6 Å². The molecule has 0 saturated carbocycles. The lowest BCUT2D eigenvalue weighted by atomic mass is 10.3. The van der Waals surface area contributed by atoms with Gasteiger partial charge in [-0.15, -0.1) is 0 Å². The largest absolute Gasteiger partial charge is 0.383 e. The fraction of sp³-hybridized carbons (Fsp3) is 0.364. The van der Waals surface area contributed by atoms with Crippen molar-refractivity contribution < 1.29 is 4.74 Å². The third-order valence-corrected chi connectivity index (χ3v) is 2.84. The summed E-state index contributed by atoms with van der Waals surface area (Å²) in [6.45, 7) is 2.59. The molecule has 0 aliphatic carbocycles. The van der Waals surface area contributed by atoms with E-state index in [2.05, 4.69) is 4.98 Å². The predicted molar refractivity (Wildman–Crippen MR) is 65.7 cm³/mol. The number of rotatable bonds is 3. The van der Waals surface area contributed by atoms with Crippen molar-refractivity contribution in [2.45, 2.75) is 13.0 Å². The summed E-state index contributed by atoms with van der Waals surface area (Å²) in [5, 5.41) is 0.657. The third-order valence-electron chi connectivity index (χ3n) is 2.54. The maximum Gasteiger partial charge on any atom is 0.201 e. The van der Waals surface area contributed by atoms with Crippen LogP contribution in [0, 0.1) is 0 Å². The van der Waals surface area contributed by atoms with E-state index in [1.807, 2.05) is 29.7 Å². The molecule has 5 heteroatoms. The van der Waals surface area contributed by atoms with Crippen LogP contribution in [0.15, 0.2) is 18.2 Å². The summed E-state index contributed by atoms with van der Waals surface area (Å²) in [4.78, 5) is 4.28. The van der Waals surface area contributed by atoms with E-state index < -0.39 is 0 Å². The maximum atomic E-state index is 6.16. The molecule has 2 aromatic rings. The lowest BCUT2D eigenvalue weighted by molar-refractivity contribution is 0.164. The van der Waals surface area contributed by atoms with Crippen molar-refractivity contribution in [3.05, 3.63) is 23.2 Å². The molecule has 0 spiro atoms. The van der Waals surface area contributed by atoms with E-state index in [-0.39, 0.29) is 6.04 Å². The van der Waals surface area contributed by atoms with Crippen molar-refractivity contribution in [2.24, 2.45) is 0 Å². The maximum absolute atomic E-state index is 6.16. The summed E-state index contributed by atoms with van der Waals surface area (Å²) in [5.74, 6) is 0.465. The fourth-order valence-corrected chi connectivity index (χ4v) is 2.15. The minimum atomic E-state index is 0.106. The number of imidazole rings is 1. The highest BCUT2D eigenvalue weighted by molar-refractivity contribution is 6.35. The molecule has 0 aliphatic rings. The van der Waals surface area contributed by atoms with Crippen molar-refractivity contribution in [3.63, 3.8) is 0 Å². The Bertz CT molecular complexity index is 509. The first-order valence-electron chi connectivity index (χ1n) is 5.06. The molecule has 1 aromatic carbocycles.